The summed E-state index contributed by atoms with van der Waals surface area (Å²) in [5, 5.41) is 28.8. The number of carboxylic acid groups (broad SMARTS) is 1. The van der Waals surface area contributed by atoms with Crippen molar-refractivity contribution in [1.82, 2.24) is 0 Å². The molecule has 1 saturated carbocycles. The standard InChI is InChI=1S/C22H31ClO5/c1-15-10-21(25)20(19(15)6-4-2-3-5-7-22(26)27)14-28-18-12-16(8-9-24)11-17(23)13-18/h2,4,11-13,15,19-21,24-25H,3,5-10,14H2,1H3,(H,26,27)/b4-2-/t15-,19+,20-,21-/m1/s1. The van der Waals surface area contributed by atoms with Crippen molar-refractivity contribution < 1.29 is 24.9 Å². The molecule has 0 aliphatic heterocycles. The number of rotatable bonds is 11. The summed E-state index contributed by atoms with van der Waals surface area (Å²) < 4.78 is 5.96. The van der Waals surface area contributed by atoms with E-state index in [1.165, 1.54) is 0 Å². The van der Waals surface area contributed by atoms with Gasteiger partial charge < -0.3 is 20.1 Å². The van der Waals surface area contributed by atoms with Crippen LogP contribution in [-0.4, -0.2) is 40.6 Å². The summed E-state index contributed by atoms with van der Waals surface area (Å²) in [4.78, 5) is 10.5. The number of unbranched alkanes of at least 4 members (excludes halogenated alkanes) is 1. The van der Waals surface area contributed by atoms with Crippen molar-refractivity contribution in [1.29, 1.82) is 0 Å². The molecule has 156 valence electrons. The first-order chi connectivity index (χ1) is 13.4. The molecule has 28 heavy (non-hydrogen) atoms. The topological polar surface area (TPSA) is 87.0 Å². The number of ether oxygens (including phenoxy) is 1. The van der Waals surface area contributed by atoms with Crippen LogP contribution in [0.5, 0.6) is 5.75 Å². The van der Waals surface area contributed by atoms with Gasteiger partial charge >= 0.3 is 5.97 Å². The number of hydrogen-bond acceptors (Lipinski definition) is 4. The number of halogens is 1. The Hall–Kier alpha value is -1.56. The molecule has 3 N–H and O–H groups in total. The highest BCUT2D eigenvalue weighted by atomic mass is 35.5. The van der Waals surface area contributed by atoms with Crippen LogP contribution in [0.3, 0.4) is 0 Å². The zero-order valence-electron chi connectivity index (χ0n) is 16.4. The predicted molar refractivity (Wildman–Crippen MR) is 110 cm³/mol. The van der Waals surface area contributed by atoms with Crippen molar-refractivity contribution in [2.45, 2.75) is 51.6 Å². The molecular formula is C22H31ClO5. The van der Waals surface area contributed by atoms with E-state index < -0.39 is 12.1 Å². The molecule has 0 aromatic heterocycles. The highest BCUT2D eigenvalue weighted by Gasteiger charge is 2.39. The van der Waals surface area contributed by atoms with Gasteiger partial charge in [-0.3, -0.25) is 4.79 Å². The molecular weight excluding hydrogens is 380 g/mol. The summed E-state index contributed by atoms with van der Waals surface area (Å²) in [6.45, 7) is 2.63. The molecule has 0 bridgehead atoms. The van der Waals surface area contributed by atoms with Gasteiger partial charge in [-0.05, 0) is 67.7 Å². The summed E-state index contributed by atoms with van der Waals surface area (Å²) in [6.07, 6.45) is 7.48. The molecule has 0 unspecified atom stereocenters. The fourth-order valence-electron chi connectivity index (χ4n) is 3.99. The van der Waals surface area contributed by atoms with Crippen LogP contribution in [-0.2, 0) is 11.2 Å². The van der Waals surface area contributed by atoms with Gasteiger partial charge in [0.2, 0.25) is 0 Å². The Morgan fingerprint density at radius 1 is 1.29 bits per heavy atom. The van der Waals surface area contributed by atoms with Gasteiger partial charge in [0.05, 0.1) is 12.7 Å². The average Bonchev–Trinajstić information content (AvgIpc) is 2.88. The molecule has 1 aliphatic carbocycles. The Morgan fingerprint density at radius 3 is 2.79 bits per heavy atom. The first-order valence-corrected chi connectivity index (χ1v) is 10.4. The molecule has 1 aromatic carbocycles. The highest BCUT2D eigenvalue weighted by molar-refractivity contribution is 6.30. The Balaban J connectivity index is 1.91. The number of allylic oxidation sites excluding steroid dienone is 2. The molecule has 0 spiro atoms. The minimum atomic E-state index is -0.763. The lowest BCUT2D eigenvalue weighted by molar-refractivity contribution is -0.137. The number of aliphatic carboxylic acids is 1. The maximum absolute atomic E-state index is 10.5. The molecule has 2 rings (SSSR count). The van der Waals surface area contributed by atoms with Crippen molar-refractivity contribution in [3.63, 3.8) is 0 Å². The molecule has 0 saturated heterocycles. The Kier molecular flexibility index (Phi) is 9.29. The monoisotopic (exact) mass is 410 g/mol. The van der Waals surface area contributed by atoms with E-state index in [1.807, 2.05) is 18.2 Å². The molecule has 5 nitrogen and oxygen atoms in total. The quantitative estimate of drug-likeness (QED) is 0.378. The summed E-state index contributed by atoms with van der Waals surface area (Å²) >= 11 is 6.13. The second kappa shape index (κ2) is 11.4. The second-order valence-electron chi connectivity index (χ2n) is 7.68. The summed E-state index contributed by atoms with van der Waals surface area (Å²) in [7, 11) is 0. The normalized spacial score (nSPS) is 24.7. The fraction of sp³-hybridized carbons (Fsp3) is 0.591. The van der Waals surface area contributed by atoms with Crippen LogP contribution < -0.4 is 4.74 Å². The van der Waals surface area contributed by atoms with Crippen molar-refractivity contribution in [3.05, 3.63) is 40.9 Å². The van der Waals surface area contributed by atoms with E-state index in [0.717, 1.165) is 24.8 Å². The molecule has 0 heterocycles. The molecule has 1 aliphatic rings. The summed E-state index contributed by atoms with van der Waals surface area (Å²) in [5.74, 6) is 0.657. The van der Waals surface area contributed by atoms with Crippen LogP contribution in [0.4, 0.5) is 0 Å². The van der Waals surface area contributed by atoms with E-state index >= 15 is 0 Å². The van der Waals surface area contributed by atoms with Crippen LogP contribution in [0, 0.1) is 17.8 Å². The zero-order valence-corrected chi connectivity index (χ0v) is 17.1. The van der Waals surface area contributed by atoms with Crippen molar-refractivity contribution in [2.24, 2.45) is 17.8 Å². The third-order valence-electron chi connectivity index (χ3n) is 5.50. The number of aliphatic hydroxyl groups is 2. The lowest BCUT2D eigenvalue weighted by Gasteiger charge is -2.23. The SMILES string of the molecule is C[C@@H]1C[C@@H](O)[C@H](COc2cc(Cl)cc(CCO)c2)[C@H]1C/C=C\CCCC(=O)O. The van der Waals surface area contributed by atoms with Gasteiger partial charge in [0.25, 0.3) is 0 Å². The molecule has 1 fully saturated rings. The third kappa shape index (κ3) is 7.12. The molecule has 0 radical (unpaired) electrons. The van der Waals surface area contributed by atoms with Crippen LogP contribution >= 0.6 is 11.6 Å². The lowest BCUT2D eigenvalue weighted by atomic mass is 9.87. The van der Waals surface area contributed by atoms with E-state index in [4.69, 9.17) is 26.6 Å². The third-order valence-corrected chi connectivity index (χ3v) is 5.72. The Bertz CT molecular complexity index is 660. The average molecular weight is 411 g/mol. The zero-order chi connectivity index (χ0) is 20.5. The predicted octanol–water partition coefficient (Wildman–Crippen LogP) is 4.09. The van der Waals surface area contributed by atoms with Gasteiger partial charge in [0.15, 0.2) is 0 Å². The summed E-state index contributed by atoms with van der Waals surface area (Å²) in [6, 6.07) is 5.45. The largest absolute Gasteiger partial charge is 0.493 e. The van der Waals surface area contributed by atoms with E-state index in [2.05, 4.69) is 13.0 Å². The van der Waals surface area contributed by atoms with Gasteiger partial charge in [-0.1, -0.05) is 30.7 Å². The number of hydrogen-bond donors (Lipinski definition) is 3. The van der Waals surface area contributed by atoms with E-state index in [0.29, 0.717) is 42.1 Å². The van der Waals surface area contributed by atoms with Crippen molar-refractivity contribution in [2.75, 3.05) is 13.2 Å². The lowest BCUT2D eigenvalue weighted by Crippen LogP contribution is -2.26. The number of benzene rings is 1. The van der Waals surface area contributed by atoms with Gasteiger partial charge in [-0.15, -0.1) is 0 Å². The smallest absolute Gasteiger partial charge is 0.303 e. The maximum Gasteiger partial charge on any atom is 0.303 e. The minimum absolute atomic E-state index is 0.0407. The van der Waals surface area contributed by atoms with Crippen molar-refractivity contribution >= 4 is 17.6 Å². The number of carboxylic acids is 1. The van der Waals surface area contributed by atoms with Gasteiger partial charge in [0.1, 0.15) is 5.75 Å². The minimum Gasteiger partial charge on any atom is -0.493 e. The number of aliphatic hydroxyl groups excluding tert-OH is 2. The van der Waals surface area contributed by atoms with E-state index in [9.17, 15) is 9.90 Å². The van der Waals surface area contributed by atoms with Crippen LogP contribution in [0.15, 0.2) is 30.4 Å². The van der Waals surface area contributed by atoms with E-state index in [1.54, 1.807) is 6.07 Å². The molecule has 4 atom stereocenters. The first-order valence-electron chi connectivity index (χ1n) is 9.98. The highest BCUT2D eigenvalue weighted by Crippen LogP contribution is 2.40. The van der Waals surface area contributed by atoms with Crippen LogP contribution in [0.25, 0.3) is 0 Å². The molecule has 0 amide bonds. The Morgan fingerprint density at radius 2 is 2.07 bits per heavy atom. The molecule has 1 aromatic rings. The van der Waals surface area contributed by atoms with Crippen molar-refractivity contribution in [3.8, 4) is 5.75 Å². The van der Waals surface area contributed by atoms with Crippen LogP contribution in [0.2, 0.25) is 5.02 Å². The van der Waals surface area contributed by atoms with E-state index in [-0.39, 0.29) is 18.9 Å². The number of carbonyl (C=O) groups is 1. The second-order valence-corrected chi connectivity index (χ2v) is 8.12. The fourth-order valence-corrected chi connectivity index (χ4v) is 4.24. The first kappa shape index (κ1) is 22.7. The molecule has 6 heteroatoms. The van der Waals surface area contributed by atoms with Gasteiger partial charge in [0, 0.05) is 24.0 Å². The maximum atomic E-state index is 10.5. The summed E-state index contributed by atoms with van der Waals surface area (Å²) in [5.41, 5.74) is 0.922. The van der Waals surface area contributed by atoms with Crippen LogP contribution in [0.1, 0.15) is 44.6 Å². The van der Waals surface area contributed by atoms with Gasteiger partial charge in [-0.25, -0.2) is 0 Å². The Labute approximate surface area is 172 Å². The van der Waals surface area contributed by atoms with Gasteiger partial charge in [-0.2, -0.15) is 0 Å².